The van der Waals surface area contributed by atoms with Crippen LogP contribution in [0.1, 0.15) is 35.3 Å². The first-order chi connectivity index (χ1) is 17.8. The van der Waals surface area contributed by atoms with E-state index in [9.17, 15) is 14.7 Å². The van der Waals surface area contributed by atoms with Crippen LogP contribution in [0.25, 0.3) is 11.0 Å². The van der Waals surface area contributed by atoms with Crippen molar-refractivity contribution in [3.8, 4) is 5.75 Å². The zero-order valence-electron chi connectivity index (χ0n) is 21.4. The highest BCUT2D eigenvalue weighted by atomic mass is 16.5. The molecule has 2 fully saturated rings. The number of carbonyl (C=O) groups excluding carboxylic acids is 2. The van der Waals surface area contributed by atoms with E-state index in [4.69, 9.17) is 4.74 Å². The Morgan fingerprint density at radius 2 is 1.97 bits per heavy atom. The van der Waals surface area contributed by atoms with Crippen LogP contribution in [0.15, 0.2) is 48.7 Å². The summed E-state index contributed by atoms with van der Waals surface area (Å²) in [6.45, 7) is 5.04. The number of nitrogens with zero attached hydrogens (tertiary/aromatic N) is 5. The number of aliphatic hydroxyl groups is 1. The largest absolute Gasteiger partial charge is 0.492 e. The average molecular weight is 504 g/mol. The second-order valence-corrected chi connectivity index (χ2v) is 10.1. The number of likely N-dealkylation sites (tertiary alicyclic amines) is 1. The molecular weight excluding hydrogens is 470 g/mol. The van der Waals surface area contributed by atoms with Gasteiger partial charge in [0, 0.05) is 50.6 Å². The summed E-state index contributed by atoms with van der Waals surface area (Å²) in [6.07, 6.45) is 3.84. The molecule has 0 radical (unpaired) electrons. The van der Waals surface area contributed by atoms with Crippen molar-refractivity contribution >= 4 is 28.5 Å². The maximum atomic E-state index is 13.1. The molecule has 2 aliphatic rings. The fourth-order valence-corrected chi connectivity index (χ4v) is 5.20. The van der Waals surface area contributed by atoms with Gasteiger partial charge in [-0.1, -0.05) is 0 Å². The Morgan fingerprint density at radius 3 is 2.73 bits per heavy atom. The number of fused-ring (bicyclic) bond motifs is 1. The minimum atomic E-state index is -1.03. The summed E-state index contributed by atoms with van der Waals surface area (Å²) in [5.74, 6) is 0.678. The molecule has 0 unspecified atom stereocenters. The van der Waals surface area contributed by atoms with Crippen LogP contribution >= 0.6 is 0 Å². The van der Waals surface area contributed by atoms with Crippen LogP contribution in [0.2, 0.25) is 0 Å². The number of benzene rings is 1. The molecule has 4 heterocycles. The predicted octanol–water partition coefficient (Wildman–Crippen LogP) is 2.65. The normalized spacial score (nSPS) is 19.6. The topological polar surface area (TPSA) is 99.1 Å². The Labute approximate surface area is 216 Å². The molecule has 2 aliphatic heterocycles. The standard InChI is InChI=1S/C28H33N5O4/c1-20-5-10-23-26(30-20)24(11-13-29-23)33-15-12-28(36,19-33)18-31(2)27(35)21-6-8-22(9-7-21)37-17-16-32-14-3-4-25(32)34/h5-11,13,36H,3-4,12,14-19H2,1-2H3/t28-/m0/s1. The summed E-state index contributed by atoms with van der Waals surface area (Å²) < 4.78 is 5.75. The van der Waals surface area contributed by atoms with Gasteiger partial charge in [-0.2, -0.15) is 0 Å². The van der Waals surface area contributed by atoms with Crippen molar-refractivity contribution in [2.24, 2.45) is 0 Å². The van der Waals surface area contributed by atoms with Gasteiger partial charge in [-0.05, 0) is 62.2 Å². The van der Waals surface area contributed by atoms with Gasteiger partial charge >= 0.3 is 0 Å². The van der Waals surface area contributed by atoms with Gasteiger partial charge in [0.1, 0.15) is 23.5 Å². The highest BCUT2D eigenvalue weighted by molar-refractivity contribution is 5.94. The van der Waals surface area contributed by atoms with Gasteiger partial charge in [-0.25, -0.2) is 4.98 Å². The van der Waals surface area contributed by atoms with Crippen LogP contribution in [0.5, 0.6) is 5.75 Å². The lowest BCUT2D eigenvalue weighted by Crippen LogP contribution is -2.45. The molecule has 2 amide bonds. The van der Waals surface area contributed by atoms with Gasteiger partial charge in [-0.3, -0.25) is 14.6 Å². The molecule has 1 N–H and O–H groups in total. The second-order valence-electron chi connectivity index (χ2n) is 10.1. The van der Waals surface area contributed by atoms with Gasteiger partial charge in [0.2, 0.25) is 5.91 Å². The van der Waals surface area contributed by atoms with Gasteiger partial charge in [-0.15, -0.1) is 0 Å². The molecule has 2 saturated heterocycles. The molecule has 9 heteroatoms. The number of anilines is 1. The highest BCUT2D eigenvalue weighted by Crippen LogP contribution is 2.31. The fourth-order valence-electron chi connectivity index (χ4n) is 5.20. The number of hydrogen-bond donors (Lipinski definition) is 1. The number of aryl methyl sites for hydroxylation is 1. The summed E-state index contributed by atoms with van der Waals surface area (Å²) in [7, 11) is 1.72. The monoisotopic (exact) mass is 503 g/mol. The molecule has 1 aromatic carbocycles. The zero-order valence-corrected chi connectivity index (χ0v) is 21.4. The smallest absolute Gasteiger partial charge is 0.253 e. The van der Waals surface area contributed by atoms with E-state index < -0.39 is 5.60 Å². The summed E-state index contributed by atoms with van der Waals surface area (Å²) >= 11 is 0. The van der Waals surface area contributed by atoms with Crippen LogP contribution < -0.4 is 9.64 Å². The highest BCUT2D eigenvalue weighted by Gasteiger charge is 2.38. The van der Waals surface area contributed by atoms with Gasteiger partial charge in [0.05, 0.1) is 24.3 Å². The van der Waals surface area contributed by atoms with E-state index in [0.717, 1.165) is 35.4 Å². The molecule has 1 atom stereocenters. The lowest BCUT2D eigenvalue weighted by Gasteiger charge is -2.29. The number of ether oxygens (including phenoxy) is 1. The van der Waals surface area contributed by atoms with Crippen molar-refractivity contribution in [1.82, 2.24) is 19.8 Å². The third kappa shape index (κ3) is 5.51. The Balaban J connectivity index is 1.17. The third-order valence-electron chi connectivity index (χ3n) is 7.16. The van der Waals surface area contributed by atoms with E-state index in [1.54, 1.807) is 42.4 Å². The van der Waals surface area contributed by atoms with E-state index in [0.29, 0.717) is 50.4 Å². The predicted molar refractivity (Wildman–Crippen MR) is 141 cm³/mol. The van der Waals surface area contributed by atoms with E-state index in [1.807, 2.05) is 30.0 Å². The summed E-state index contributed by atoms with van der Waals surface area (Å²) in [4.78, 5) is 39.4. The van der Waals surface area contributed by atoms with Crippen molar-refractivity contribution in [2.75, 3.05) is 51.3 Å². The Hall–Kier alpha value is -3.72. The van der Waals surface area contributed by atoms with Crippen LogP contribution in [-0.4, -0.2) is 88.7 Å². The first-order valence-corrected chi connectivity index (χ1v) is 12.8. The van der Waals surface area contributed by atoms with E-state index in [1.165, 1.54) is 0 Å². The van der Waals surface area contributed by atoms with E-state index >= 15 is 0 Å². The van der Waals surface area contributed by atoms with Crippen LogP contribution in [0.4, 0.5) is 5.69 Å². The molecular formula is C28H33N5O4. The third-order valence-corrected chi connectivity index (χ3v) is 7.16. The Bertz CT molecular complexity index is 1300. The van der Waals surface area contributed by atoms with Crippen LogP contribution in [-0.2, 0) is 4.79 Å². The molecule has 0 bridgehead atoms. The molecule has 0 saturated carbocycles. The number of carbonyl (C=O) groups is 2. The number of aromatic nitrogens is 2. The average Bonchev–Trinajstić information content (AvgIpc) is 3.48. The molecule has 0 aliphatic carbocycles. The lowest BCUT2D eigenvalue weighted by molar-refractivity contribution is -0.128. The van der Waals surface area contributed by atoms with E-state index in [-0.39, 0.29) is 18.4 Å². The van der Waals surface area contributed by atoms with Crippen molar-refractivity contribution in [2.45, 2.75) is 31.8 Å². The number of β-amino-alcohol motifs (C(OH)–C–C–N with tert-alkyl or cyclic N) is 1. The Morgan fingerprint density at radius 1 is 1.16 bits per heavy atom. The summed E-state index contributed by atoms with van der Waals surface area (Å²) in [5, 5.41) is 11.3. The SMILES string of the molecule is Cc1ccc2nccc(N3CC[C@](O)(CN(C)C(=O)c4ccc(OCCN5CCCC5=O)cc4)C3)c2n1. The first-order valence-electron chi connectivity index (χ1n) is 12.8. The molecule has 3 aromatic rings. The quantitative estimate of drug-likeness (QED) is 0.505. The first kappa shape index (κ1) is 25.0. The maximum Gasteiger partial charge on any atom is 0.253 e. The van der Waals surface area contributed by atoms with Gasteiger partial charge in [0.15, 0.2) is 0 Å². The van der Waals surface area contributed by atoms with Crippen LogP contribution in [0.3, 0.4) is 0 Å². The van der Waals surface area contributed by atoms with Gasteiger partial charge in [0.25, 0.3) is 5.91 Å². The Kier molecular flexibility index (Phi) is 6.97. The van der Waals surface area contributed by atoms with Crippen LogP contribution in [0, 0.1) is 6.92 Å². The minimum Gasteiger partial charge on any atom is -0.492 e. The van der Waals surface area contributed by atoms with Crippen molar-refractivity contribution in [3.63, 3.8) is 0 Å². The van der Waals surface area contributed by atoms with Crippen molar-refractivity contribution in [1.29, 1.82) is 0 Å². The van der Waals surface area contributed by atoms with Crippen molar-refractivity contribution in [3.05, 3.63) is 59.9 Å². The molecule has 0 spiro atoms. The lowest BCUT2D eigenvalue weighted by atomic mass is 10.0. The molecule has 5 rings (SSSR count). The van der Waals surface area contributed by atoms with Gasteiger partial charge < -0.3 is 24.5 Å². The summed E-state index contributed by atoms with van der Waals surface area (Å²) in [6, 6.07) is 12.8. The number of hydrogen-bond acceptors (Lipinski definition) is 7. The molecule has 2 aromatic heterocycles. The zero-order chi connectivity index (χ0) is 26.0. The number of likely N-dealkylation sites (N-methyl/N-ethyl adjacent to an activating group) is 1. The minimum absolute atomic E-state index is 0.159. The van der Waals surface area contributed by atoms with Crippen molar-refractivity contribution < 1.29 is 19.4 Å². The number of amides is 2. The summed E-state index contributed by atoms with van der Waals surface area (Å²) in [5.41, 5.74) is 3.01. The number of pyridine rings is 2. The number of rotatable bonds is 8. The second kappa shape index (κ2) is 10.3. The maximum absolute atomic E-state index is 13.1. The van der Waals surface area contributed by atoms with E-state index in [2.05, 4.69) is 14.9 Å². The fraction of sp³-hybridized carbons (Fsp3) is 0.429. The molecule has 37 heavy (non-hydrogen) atoms. The molecule has 9 nitrogen and oxygen atoms in total. The molecule has 194 valence electrons.